The third-order valence-corrected chi connectivity index (χ3v) is 3.53. The summed E-state index contributed by atoms with van der Waals surface area (Å²) in [6.07, 6.45) is 1.71. The van der Waals surface area contributed by atoms with Crippen molar-refractivity contribution < 1.29 is 4.79 Å². The van der Waals surface area contributed by atoms with Crippen LogP contribution in [0, 0.1) is 0 Å². The molecule has 2 rings (SSSR count). The van der Waals surface area contributed by atoms with Crippen molar-refractivity contribution in [2.75, 3.05) is 5.88 Å². The minimum atomic E-state index is -0.147. The van der Waals surface area contributed by atoms with Gasteiger partial charge in [-0.1, -0.05) is 0 Å². The second-order valence-electron chi connectivity index (χ2n) is 2.43. The smallest absolute Gasteiger partial charge is 0.196 e. The molecule has 0 saturated heterocycles. The Balaban J connectivity index is 2.31. The highest BCUT2D eigenvalue weighted by molar-refractivity contribution is 7.19. The standard InChI is InChI=1S/C8H5ClN2OS2/c9-3-6(12)5-4-14-8(11-5)7-10-1-2-13-7/h1-2,4H,3H2. The van der Waals surface area contributed by atoms with Gasteiger partial charge in [-0.15, -0.1) is 34.3 Å². The quantitative estimate of drug-likeness (QED) is 0.616. The minimum absolute atomic E-state index is 0.0267. The van der Waals surface area contributed by atoms with Gasteiger partial charge in [-0.25, -0.2) is 9.97 Å². The maximum absolute atomic E-state index is 11.2. The summed E-state index contributed by atoms with van der Waals surface area (Å²) in [6, 6.07) is 0. The van der Waals surface area contributed by atoms with Crippen molar-refractivity contribution in [3.63, 3.8) is 0 Å². The number of rotatable bonds is 3. The van der Waals surface area contributed by atoms with E-state index in [9.17, 15) is 4.79 Å². The monoisotopic (exact) mass is 244 g/mol. The van der Waals surface area contributed by atoms with Gasteiger partial charge in [0.1, 0.15) is 5.69 Å². The van der Waals surface area contributed by atoms with Crippen molar-refractivity contribution in [3.05, 3.63) is 22.7 Å². The van der Waals surface area contributed by atoms with Crippen LogP contribution in [0.15, 0.2) is 17.0 Å². The SMILES string of the molecule is O=C(CCl)c1csc(-c2nccs2)n1. The molecule has 6 heteroatoms. The maximum atomic E-state index is 11.2. The molecule has 0 N–H and O–H groups in total. The summed E-state index contributed by atoms with van der Waals surface area (Å²) in [5, 5.41) is 5.19. The van der Waals surface area contributed by atoms with Crippen LogP contribution in [0.2, 0.25) is 0 Å². The van der Waals surface area contributed by atoms with Crippen molar-refractivity contribution in [2.24, 2.45) is 0 Å². The summed E-state index contributed by atoms with van der Waals surface area (Å²) in [5.74, 6) is -0.174. The Kier molecular flexibility index (Phi) is 2.90. The predicted octanol–water partition coefficient (Wildman–Crippen LogP) is 2.69. The van der Waals surface area contributed by atoms with Crippen LogP contribution >= 0.6 is 34.3 Å². The molecule has 2 aromatic rings. The van der Waals surface area contributed by atoms with E-state index in [-0.39, 0.29) is 11.7 Å². The maximum Gasteiger partial charge on any atom is 0.196 e. The normalized spacial score (nSPS) is 10.4. The lowest BCUT2D eigenvalue weighted by molar-refractivity contribution is 0.101. The molecule has 0 bridgehead atoms. The molecule has 0 spiro atoms. The molecule has 0 amide bonds. The third-order valence-electron chi connectivity index (χ3n) is 1.53. The minimum Gasteiger partial charge on any atom is -0.291 e. The molecule has 14 heavy (non-hydrogen) atoms. The number of nitrogens with zero attached hydrogens (tertiary/aromatic N) is 2. The summed E-state index contributed by atoms with van der Waals surface area (Å²) < 4.78 is 0. The third kappa shape index (κ3) is 1.84. The Morgan fingerprint density at radius 3 is 2.93 bits per heavy atom. The first-order valence-electron chi connectivity index (χ1n) is 3.76. The molecule has 0 unspecified atom stereocenters. The predicted molar refractivity (Wildman–Crippen MR) is 58.3 cm³/mol. The van der Waals surface area contributed by atoms with E-state index < -0.39 is 0 Å². The highest BCUT2D eigenvalue weighted by Crippen LogP contribution is 2.25. The lowest BCUT2D eigenvalue weighted by Crippen LogP contribution is -1.99. The van der Waals surface area contributed by atoms with Gasteiger partial charge < -0.3 is 0 Å². The fourth-order valence-corrected chi connectivity index (χ4v) is 2.55. The fraction of sp³-hybridized carbons (Fsp3) is 0.125. The van der Waals surface area contributed by atoms with Gasteiger partial charge in [0.25, 0.3) is 0 Å². The first-order valence-corrected chi connectivity index (χ1v) is 6.05. The lowest BCUT2D eigenvalue weighted by atomic mass is 10.3. The number of Topliss-reactive ketones (excluding diaryl/α,β-unsaturated/α-hetero) is 1. The summed E-state index contributed by atoms with van der Waals surface area (Å²) in [7, 11) is 0. The molecular weight excluding hydrogens is 240 g/mol. The molecule has 0 aliphatic carbocycles. The van der Waals surface area contributed by atoms with E-state index in [1.165, 1.54) is 22.7 Å². The number of halogens is 1. The zero-order chi connectivity index (χ0) is 9.97. The molecule has 0 saturated carbocycles. The number of hydrogen-bond donors (Lipinski definition) is 0. The van der Waals surface area contributed by atoms with Gasteiger partial charge in [0.15, 0.2) is 15.8 Å². The number of carbonyl (C=O) groups excluding carboxylic acids is 1. The molecule has 0 aliphatic heterocycles. The van der Waals surface area contributed by atoms with Crippen LogP contribution in [-0.2, 0) is 0 Å². The summed E-state index contributed by atoms with van der Waals surface area (Å²) in [4.78, 5) is 19.5. The molecule has 0 aliphatic rings. The number of hydrogen-bond acceptors (Lipinski definition) is 5. The highest BCUT2D eigenvalue weighted by atomic mass is 35.5. The summed E-state index contributed by atoms with van der Waals surface area (Å²) in [5.41, 5.74) is 0.426. The van der Waals surface area contributed by atoms with Crippen LogP contribution in [0.25, 0.3) is 10.0 Å². The van der Waals surface area contributed by atoms with Gasteiger partial charge in [0.2, 0.25) is 0 Å². The van der Waals surface area contributed by atoms with Gasteiger partial charge >= 0.3 is 0 Å². The number of ketones is 1. The van der Waals surface area contributed by atoms with Crippen molar-refractivity contribution in [2.45, 2.75) is 0 Å². The van der Waals surface area contributed by atoms with E-state index in [2.05, 4.69) is 9.97 Å². The second-order valence-corrected chi connectivity index (χ2v) is 4.45. The highest BCUT2D eigenvalue weighted by Gasteiger charge is 2.11. The number of thiazole rings is 2. The lowest BCUT2D eigenvalue weighted by Gasteiger charge is -1.87. The Bertz CT molecular complexity index is 438. The van der Waals surface area contributed by atoms with Gasteiger partial charge in [-0.05, 0) is 0 Å². The number of alkyl halides is 1. The van der Waals surface area contributed by atoms with E-state index >= 15 is 0 Å². The summed E-state index contributed by atoms with van der Waals surface area (Å²) in [6.45, 7) is 0. The topological polar surface area (TPSA) is 42.9 Å². The van der Waals surface area contributed by atoms with Crippen LogP contribution in [0.5, 0.6) is 0 Å². The molecule has 3 nitrogen and oxygen atoms in total. The van der Waals surface area contributed by atoms with Crippen LogP contribution in [0.3, 0.4) is 0 Å². The second kappa shape index (κ2) is 4.16. The van der Waals surface area contributed by atoms with Gasteiger partial charge in [-0.2, -0.15) is 0 Å². The summed E-state index contributed by atoms with van der Waals surface area (Å²) >= 11 is 8.33. The van der Waals surface area contributed by atoms with E-state index in [0.717, 1.165) is 10.0 Å². The molecule has 0 fully saturated rings. The van der Waals surface area contributed by atoms with Crippen molar-refractivity contribution >= 4 is 40.1 Å². The van der Waals surface area contributed by atoms with Gasteiger partial charge in [0.05, 0.1) is 5.88 Å². The molecule has 2 aromatic heterocycles. The Morgan fingerprint density at radius 1 is 1.43 bits per heavy atom. The average molecular weight is 245 g/mol. The molecule has 0 aromatic carbocycles. The van der Waals surface area contributed by atoms with Crippen LogP contribution in [0.1, 0.15) is 10.5 Å². The first kappa shape index (κ1) is 9.76. The van der Waals surface area contributed by atoms with E-state index in [0.29, 0.717) is 5.69 Å². The fourth-order valence-electron chi connectivity index (χ4n) is 0.898. The number of aromatic nitrogens is 2. The zero-order valence-electron chi connectivity index (χ0n) is 6.94. The Morgan fingerprint density at radius 2 is 2.29 bits per heavy atom. The van der Waals surface area contributed by atoms with Crippen LogP contribution in [0.4, 0.5) is 0 Å². The molecular formula is C8H5ClN2OS2. The van der Waals surface area contributed by atoms with Gasteiger partial charge in [-0.3, -0.25) is 4.79 Å². The molecule has 2 heterocycles. The average Bonchev–Trinajstić information content (AvgIpc) is 2.86. The van der Waals surface area contributed by atoms with Gasteiger partial charge in [0, 0.05) is 17.0 Å². The van der Waals surface area contributed by atoms with E-state index in [1.54, 1.807) is 11.6 Å². The number of carbonyl (C=O) groups is 1. The Hall–Kier alpha value is -0.780. The zero-order valence-corrected chi connectivity index (χ0v) is 9.33. The van der Waals surface area contributed by atoms with Crippen LogP contribution in [-0.4, -0.2) is 21.6 Å². The van der Waals surface area contributed by atoms with E-state index in [1.807, 2.05) is 5.38 Å². The van der Waals surface area contributed by atoms with Crippen molar-refractivity contribution in [3.8, 4) is 10.0 Å². The first-order chi connectivity index (χ1) is 6.81. The van der Waals surface area contributed by atoms with Crippen LogP contribution < -0.4 is 0 Å². The molecule has 72 valence electrons. The van der Waals surface area contributed by atoms with Crippen molar-refractivity contribution in [1.29, 1.82) is 0 Å². The largest absolute Gasteiger partial charge is 0.291 e. The molecule has 0 radical (unpaired) electrons. The van der Waals surface area contributed by atoms with Crippen molar-refractivity contribution in [1.82, 2.24) is 9.97 Å². The molecule has 0 atom stereocenters. The Labute approximate surface area is 93.4 Å². The van der Waals surface area contributed by atoms with E-state index in [4.69, 9.17) is 11.6 Å².